The minimum absolute atomic E-state index is 0.0513. The fourth-order valence-corrected chi connectivity index (χ4v) is 2.97. The SMILES string of the molecule is Cc1cc(-n2c(C)cc(C(=O)N3CCOCC3C)c2C)no1. The Morgan fingerprint density at radius 2 is 2.09 bits per heavy atom. The maximum atomic E-state index is 12.8. The fourth-order valence-electron chi connectivity index (χ4n) is 2.97. The van der Waals surface area contributed by atoms with Gasteiger partial charge in [-0.3, -0.25) is 9.36 Å². The van der Waals surface area contributed by atoms with E-state index < -0.39 is 0 Å². The molecule has 1 aliphatic rings. The average Bonchev–Trinajstić information content (AvgIpc) is 3.02. The first-order valence-electron chi connectivity index (χ1n) is 7.50. The summed E-state index contributed by atoms with van der Waals surface area (Å²) in [6, 6.07) is 3.88. The molecular formula is C16H21N3O3. The highest BCUT2D eigenvalue weighted by atomic mass is 16.5. The van der Waals surface area contributed by atoms with E-state index in [4.69, 9.17) is 9.26 Å². The minimum atomic E-state index is 0.0513. The summed E-state index contributed by atoms with van der Waals surface area (Å²) in [4.78, 5) is 14.7. The zero-order valence-corrected chi connectivity index (χ0v) is 13.4. The van der Waals surface area contributed by atoms with Gasteiger partial charge in [0.15, 0.2) is 5.82 Å². The second kappa shape index (κ2) is 5.61. The Balaban J connectivity index is 1.97. The van der Waals surface area contributed by atoms with Gasteiger partial charge in [-0.2, -0.15) is 0 Å². The molecular weight excluding hydrogens is 282 g/mol. The van der Waals surface area contributed by atoms with E-state index >= 15 is 0 Å². The van der Waals surface area contributed by atoms with E-state index in [2.05, 4.69) is 5.16 Å². The maximum absolute atomic E-state index is 12.8. The van der Waals surface area contributed by atoms with Crippen LogP contribution in [0.25, 0.3) is 5.82 Å². The molecule has 2 aromatic heterocycles. The lowest BCUT2D eigenvalue weighted by Crippen LogP contribution is -2.47. The molecule has 118 valence electrons. The van der Waals surface area contributed by atoms with Crippen LogP contribution in [0.3, 0.4) is 0 Å². The zero-order chi connectivity index (χ0) is 15.9. The summed E-state index contributed by atoms with van der Waals surface area (Å²) in [7, 11) is 0. The molecule has 6 heteroatoms. The first kappa shape index (κ1) is 14.8. The number of rotatable bonds is 2. The van der Waals surface area contributed by atoms with Gasteiger partial charge in [-0.05, 0) is 33.8 Å². The van der Waals surface area contributed by atoms with Crippen molar-refractivity contribution in [1.82, 2.24) is 14.6 Å². The molecule has 1 saturated heterocycles. The molecule has 1 unspecified atom stereocenters. The molecule has 1 amide bonds. The second-order valence-electron chi connectivity index (χ2n) is 5.84. The number of aryl methyl sites for hydroxylation is 2. The minimum Gasteiger partial charge on any atom is -0.377 e. The van der Waals surface area contributed by atoms with Crippen LogP contribution in [-0.2, 0) is 4.74 Å². The Bertz CT molecular complexity index is 702. The number of hydrogen-bond acceptors (Lipinski definition) is 4. The van der Waals surface area contributed by atoms with E-state index in [1.54, 1.807) is 0 Å². The predicted octanol–water partition coefficient (Wildman–Crippen LogP) is 2.25. The van der Waals surface area contributed by atoms with Crippen molar-refractivity contribution in [3.8, 4) is 5.82 Å². The number of ether oxygens (including phenoxy) is 1. The number of nitrogens with zero attached hydrogens (tertiary/aromatic N) is 3. The highest BCUT2D eigenvalue weighted by Gasteiger charge is 2.28. The monoisotopic (exact) mass is 303 g/mol. The molecule has 0 radical (unpaired) electrons. The van der Waals surface area contributed by atoms with Crippen LogP contribution < -0.4 is 0 Å². The number of amides is 1. The lowest BCUT2D eigenvalue weighted by atomic mass is 10.1. The summed E-state index contributed by atoms with van der Waals surface area (Å²) >= 11 is 0. The van der Waals surface area contributed by atoms with Crippen molar-refractivity contribution in [3.05, 3.63) is 34.8 Å². The topological polar surface area (TPSA) is 60.5 Å². The summed E-state index contributed by atoms with van der Waals surface area (Å²) in [5.74, 6) is 1.51. The molecule has 0 aliphatic carbocycles. The van der Waals surface area contributed by atoms with Gasteiger partial charge in [-0.1, -0.05) is 5.16 Å². The van der Waals surface area contributed by atoms with E-state index in [-0.39, 0.29) is 11.9 Å². The molecule has 6 nitrogen and oxygen atoms in total. The number of hydrogen-bond donors (Lipinski definition) is 0. The third-order valence-corrected chi connectivity index (χ3v) is 4.13. The Morgan fingerprint density at radius 3 is 2.73 bits per heavy atom. The van der Waals surface area contributed by atoms with Crippen LogP contribution >= 0.6 is 0 Å². The normalized spacial score (nSPS) is 18.7. The van der Waals surface area contributed by atoms with Gasteiger partial charge in [-0.25, -0.2) is 0 Å². The Morgan fingerprint density at radius 1 is 1.32 bits per heavy atom. The second-order valence-corrected chi connectivity index (χ2v) is 5.84. The third kappa shape index (κ3) is 2.43. The van der Waals surface area contributed by atoms with Crippen LogP contribution in [0.15, 0.2) is 16.7 Å². The van der Waals surface area contributed by atoms with Crippen LogP contribution in [0.1, 0.15) is 34.4 Å². The van der Waals surface area contributed by atoms with E-state index in [9.17, 15) is 4.79 Å². The summed E-state index contributed by atoms with van der Waals surface area (Å²) in [5.41, 5.74) is 2.57. The number of aromatic nitrogens is 2. The quantitative estimate of drug-likeness (QED) is 0.854. The average molecular weight is 303 g/mol. The van der Waals surface area contributed by atoms with Crippen LogP contribution in [0.5, 0.6) is 0 Å². The van der Waals surface area contributed by atoms with Gasteiger partial charge in [0.2, 0.25) is 0 Å². The van der Waals surface area contributed by atoms with Gasteiger partial charge in [0.1, 0.15) is 5.76 Å². The van der Waals surface area contributed by atoms with Gasteiger partial charge in [0, 0.05) is 24.0 Å². The van der Waals surface area contributed by atoms with Crippen molar-refractivity contribution in [3.63, 3.8) is 0 Å². The molecule has 1 fully saturated rings. The van der Waals surface area contributed by atoms with Crippen molar-refractivity contribution in [2.24, 2.45) is 0 Å². The molecule has 0 bridgehead atoms. The first-order valence-corrected chi connectivity index (χ1v) is 7.50. The van der Waals surface area contributed by atoms with E-state index in [1.807, 2.05) is 49.3 Å². The largest absolute Gasteiger partial charge is 0.377 e. The van der Waals surface area contributed by atoms with Crippen molar-refractivity contribution in [1.29, 1.82) is 0 Å². The van der Waals surface area contributed by atoms with Crippen molar-refractivity contribution >= 4 is 5.91 Å². The molecule has 3 rings (SSSR count). The van der Waals surface area contributed by atoms with Crippen molar-refractivity contribution in [2.45, 2.75) is 33.7 Å². The molecule has 1 atom stereocenters. The molecule has 3 heterocycles. The first-order chi connectivity index (χ1) is 10.5. The Labute approximate surface area is 129 Å². The van der Waals surface area contributed by atoms with Crippen LogP contribution in [0.4, 0.5) is 0 Å². The molecule has 0 spiro atoms. The highest BCUT2D eigenvalue weighted by molar-refractivity contribution is 5.96. The van der Waals surface area contributed by atoms with Gasteiger partial charge in [0.25, 0.3) is 5.91 Å². The summed E-state index contributed by atoms with van der Waals surface area (Å²) in [5, 5.41) is 4.05. The van der Waals surface area contributed by atoms with Crippen LogP contribution in [-0.4, -0.2) is 46.3 Å². The molecule has 1 aliphatic heterocycles. The molecule has 0 saturated carbocycles. The zero-order valence-electron chi connectivity index (χ0n) is 13.4. The molecule has 2 aromatic rings. The Hall–Kier alpha value is -2.08. The van der Waals surface area contributed by atoms with E-state index in [0.29, 0.717) is 31.1 Å². The van der Waals surface area contributed by atoms with Crippen LogP contribution in [0.2, 0.25) is 0 Å². The van der Waals surface area contributed by atoms with Crippen molar-refractivity contribution in [2.75, 3.05) is 19.8 Å². The predicted molar refractivity (Wildman–Crippen MR) is 81.4 cm³/mol. The number of carbonyl (C=O) groups excluding carboxylic acids is 1. The van der Waals surface area contributed by atoms with Crippen LogP contribution in [0, 0.1) is 20.8 Å². The Kier molecular flexibility index (Phi) is 3.78. The number of morpholine rings is 1. The van der Waals surface area contributed by atoms with E-state index in [0.717, 1.165) is 17.1 Å². The summed E-state index contributed by atoms with van der Waals surface area (Å²) < 4.78 is 12.5. The van der Waals surface area contributed by atoms with Gasteiger partial charge >= 0.3 is 0 Å². The lowest BCUT2D eigenvalue weighted by molar-refractivity contribution is 0.00355. The molecule has 22 heavy (non-hydrogen) atoms. The lowest BCUT2D eigenvalue weighted by Gasteiger charge is -2.33. The van der Waals surface area contributed by atoms with E-state index in [1.165, 1.54) is 0 Å². The highest BCUT2D eigenvalue weighted by Crippen LogP contribution is 2.23. The van der Waals surface area contributed by atoms with Crippen molar-refractivity contribution < 1.29 is 14.1 Å². The smallest absolute Gasteiger partial charge is 0.256 e. The summed E-state index contributed by atoms with van der Waals surface area (Å²) in [6.07, 6.45) is 0. The van der Waals surface area contributed by atoms with Gasteiger partial charge < -0.3 is 14.2 Å². The third-order valence-electron chi connectivity index (χ3n) is 4.13. The molecule has 0 N–H and O–H groups in total. The fraction of sp³-hybridized carbons (Fsp3) is 0.500. The summed E-state index contributed by atoms with van der Waals surface area (Å²) in [6.45, 7) is 9.59. The number of carbonyl (C=O) groups is 1. The standard InChI is InChI=1S/C16H21N3O3/c1-10-7-14(16(20)18-5-6-21-9-11(18)2)13(4)19(10)15-8-12(3)22-17-15/h7-8,11H,5-6,9H2,1-4H3. The van der Waals surface area contributed by atoms with Gasteiger partial charge in [-0.15, -0.1) is 0 Å². The maximum Gasteiger partial charge on any atom is 0.256 e. The van der Waals surface area contributed by atoms with Gasteiger partial charge in [0.05, 0.1) is 24.8 Å². The molecule has 0 aromatic carbocycles.